The van der Waals surface area contributed by atoms with Crippen molar-refractivity contribution in [2.45, 2.75) is 18.6 Å². The number of ether oxygens (including phenoxy) is 2. The van der Waals surface area contributed by atoms with Gasteiger partial charge in [-0.15, -0.1) is 0 Å². The summed E-state index contributed by atoms with van der Waals surface area (Å²) >= 11 is 0. The van der Waals surface area contributed by atoms with Gasteiger partial charge in [0.05, 0.1) is 30.7 Å². The first-order valence-electron chi connectivity index (χ1n) is 8.13. The van der Waals surface area contributed by atoms with E-state index in [2.05, 4.69) is 0 Å². The number of carboxylic acid groups (broad SMARTS) is 1. The Morgan fingerprint density at radius 3 is 2.72 bits per heavy atom. The van der Waals surface area contributed by atoms with Gasteiger partial charge in [0.15, 0.2) is 0 Å². The predicted octanol–water partition coefficient (Wildman–Crippen LogP) is -0.100. The Labute approximate surface area is 143 Å². The van der Waals surface area contributed by atoms with Gasteiger partial charge in [-0.05, 0) is 31.2 Å². The summed E-state index contributed by atoms with van der Waals surface area (Å²) in [5.41, 5.74) is 0.0615. The number of benzene rings is 1. The molecule has 7 nitrogen and oxygen atoms in total. The first kappa shape index (κ1) is 15.8. The Bertz CT molecular complexity index is 785. The highest BCUT2D eigenvalue weighted by atomic mass is 16.5. The third-order valence-corrected chi connectivity index (χ3v) is 5.06. The first-order chi connectivity index (χ1) is 12.0. The van der Waals surface area contributed by atoms with E-state index in [0.29, 0.717) is 11.3 Å². The Morgan fingerprint density at radius 1 is 1.36 bits per heavy atom. The lowest BCUT2D eigenvalue weighted by atomic mass is 9.77. The highest BCUT2D eigenvalue weighted by molar-refractivity contribution is 6.02. The van der Waals surface area contributed by atoms with Gasteiger partial charge >= 0.3 is 5.97 Å². The summed E-state index contributed by atoms with van der Waals surface area (Å²) in [5.74, 6) is -3.75. The number of esters is 1. The van der Waals surface area contributed by atoms with Crippen LogP contribution < -0.4 is 10.0 Å². The van der Waals surface area contributed by atoms with E-state index in [1.54, 1.807) is 43.3 Å². The van der Waals surface area contributed by atoms with E-state index in [0.717, 1.165) is 0 Å². The van der Waals surface area contributed by atoms with Crippen molar-refractivity contribution in [2.75, 3.05) is 18.1 Å². The summed E-state index contributed by atoms with van der Waals surface area (Å²) in [5, 5.41) is 11.5. The van der Waals surface area contributed by atoms with E-state index in [-0.39, 0.29) is 19.1 Å². The number of nitrogens with zero attached hydrogens (tertiary/aromatic N) is 1. The standard InChI is InChI=1S/C18H17NO6/c1-2-24-17(23)10-3-5-11(6-4-10)19-9-18-8-7-12(25-18)13(16(21)22)14(18)15(19)20/h3-8,12-14H,2,9H2,1H3,(H,21,22)/p-1/t12-,13+,14-,18-/m1/s1. The van der Waals surface area contributed by atoms with Crippen LogP contribution in [0.4, 0.5) is 5.69 Å². The fraction of sp³-hybridized carbons (Fsp3) is 0.389. The van der Waals surface area contributed by atoms with Gasteiger partial charge < -0.3 is 24.3 Å². The molecule has 0 aliphatic carbocycles. The van der Waals surface area contributed by atoms with E-state index in [4.69, 9.17) is 9.47 Å². The summed E-state index contributed by atoms with van der Waals surface area (Å²) in [6, 6.07) is 6.45. The Morgan fingerprint density at radius 2 is 2.08 bits per heavy atom. The topological polar surface area (TPSA) is 96.0 Å². The van der Waals surface area contributed by atoms with Crippen molar-refractivity contribution in [1.29, 1.82) is 0 Å². The van der Waals surface area contributed by atoms with Gasteiger partial charge in [0.25, 0.3) is 0 Å². The van der Waals surface area contributed by atoms with Crippen LogP contribution in [-0.4, -0.2) is 42.7 Å². The zero-order valence-electron chi connectivity index (χ0n) is 13.5. The fourth-order valence-corrected chi connectivity index (χ4v) is 3.98. The van der Waals surface area contributed by atoms with E-state index in [1.807, 2.05) is 0 Å². The highest BCUT2D eigenvalue weighted by Gasteiger charge is 2.65. The molecule has 7 heteroatoms. The molecule has 2 saturated heterocycles. The maximum absolute atomic E-state index is 12.8. The van der Waals surface area contributed by atoms with E-state index in [9.17, 15) is 19.5 Å². The molecule has 2 fully saturated rings. The average molecular weight is 342 g/mol. The third-order valence-electron chi connectivity index (χ3n) is 5.06. The average Bonchev–Trinajstić information content (AvgIpc) is 3.23. The zero-order chi connectivity index (χ0) is 17.8. The van der Waals surface area contributed by atoms with Crippen molar-refractivity contribution >= 4 is 23.5 Å². The third kappa shape index (κ3) is 2.19. The Kier molecular flexibility index (Phi) is 3.43. The van der Waals surface area contributed by atoms with Gasteiger partial charge in [-0.1, -0.05) is 12.2 Å². The number of aliphatic carboxylic acids is 1. The molecule has 130 valence electrons. The number of carboxylic acids is 1. The molecule has 4 rings (SSSR count). The molecule has 4 atom stereocenters. The molecule has 3 heterocycles. The number of amides is 1. The zero-order valence-corrected chi connectivity index (χ0v) is 13.5. The SMILES string of the molecule is CCOC(=O)c1ccc(N2C[C@@]34C=C[C@@H](O3)[C@H](C(=O)[O-])[C@@H]4C2=O)cc1. The molecule has 25 heavy (non-hydrogen) atoms. The minimum atomic E-state index is -1.27. The molecule has 0 N–H and O–H groups in total. The second kappa shape index (κ2) is 5.42. The molecule has 1 spiro atoms. The van der Waals surface area contributed by atoms with E-state index < -0.39 is 35.5 Å². The molecule has 1 amide bonds. The second-order valence-corrected chi connectivity index (χ2v) is 6.41. The van der Waals surface area contributed by atoms with Gasteiger partial charge in [-0.3, -0.25) is 4.79 Å². The molecule has 0 aromatic heterocycles. The Balaban J connectivity index is 1.61. The maximum atomic E-state index is 12.8. The lowest BCUT2D eigenvalue weighted by Gasteiger charge is -2.24. The second-order valence-electron chi connectivity index (χ2n) is 6.41. The predicted molar refractivity (Wildman–Crippen MR) is 83.5 cm³/mol. The molecular formula is C18H16NO6-. The number of carbonyl (C=O) groups excluding carboxylic acids is 3. The molecule has 0 saturated carbocycles. The van der Waals surface area contributed by atoms with Crippen LogP contribution in [0.15, 0.2) is 36.4 Å². The number of rotatable bonds is 4. The number of anilines is 1. The van der Waals surface area contributed by atoms with E-state index >= 15 is 0 Å². The van der Waals surface area contributed by atoms with Crippen molar-refractivity contribution in [3.05, 3.63) is 42.0 Å². The summed E-state index contributed by atoms with van der Waals surface area (Å²) in [4.78, 5) is 37.5. The number of hydrogen-bond donors (Lipinski definition) is 0. The summed E-state index contributed by atoms with van der Waals surface area (Å²) < 4.78 is 10.7. The molecular weight excluding hydrogens is 326 g/mol. The van der Waals surface area contributed by atoms with Crippen LogP contribution in [0.3, 0.4) is 0 Å². The van der Waals surface area contributed by atoms with E-state index in [1.165, 1.54) is 4.90 Å². The van der Waals surface area contributed by atoms with Crippen LogP contribution in [-0.2, 0) is 19.1 Å². The van der Waals surface area contributed by atoms with Crippen LogP contribution in [0.2, 0.25) is 0 Å². The van der Waals surface area contributed by atoms with Crippen molar-refractivity contribution < 1.29 is 29.0 Å². The minimum Gasteiger partial charge on any atom is -0.550 e. The summed E-state index contributed by atoms with van der Waals surface area (Å²) in [6.45, 7) is 2.25. The molecule has 0 unspecified atom stereocenters. The van der Waals surface area contributed by atoms with Gasteiger partial charge in [0.2, 0.25) is 5.91 Å². The van der Waals surface area contributed by atoms with Gasteiger partial charge in [0.1, 0.15) is 5.60 Å². The molecule has 1 aromatic rings. The summed E-state index contributed by atoms with van der Waals surface area (Å²) in [7, 11) is 0. The van der Waals surface area contributed by atoms with Gasteiger partial charge in [-0.25, -0.2) is 4.79 Å². The smallest absolute Gasteiger partial charge is 0.338 e. The Hall–Kier alpha value is -2.67. The largest absolute Gasteiger partial charge is 0.550 e. The molecule has 1 aromatic carbocycles. The minimum absolute atomic E-state index is 0.242. The van der Waals surface area contributed by atoms with Crippen LogP contribution in [0.25, 0.3) is 0 Å². The maximum Gasteiger partial charge on any atom is 0.338 e. The quantitative estimate of drug-likeness (QED) is 0.560. The summed E-state index contributed by atoms with van der Waals surface area (Å²) in [6.07, 6.45) is 2.87. The number of hydrogen-bond acceptors (Lipinski definition) is 6. The fourth-order valence-electron chi connectivity index (χ4n) is 3.98. The highest BCUT2D eigenvalue weighted by Crippen LogP contribution is 2.52. The molecule has 2 bridgehead atoms. The van der Waals surface area contributed by atoms with Gasteiger partial charge in [-0.2, -0.15) is 0 Å². The lowest BCUT2D eigenvalue weighted by Crippen LogP contribution is -2.45. The lowest BCUT2D eigenvalue weighted by molar-refractivity contribution is -0.313. The molecule has 3 aliphatic rings. The van der Waals surface area contributed by atoms with Crippen molar-refractivity contribution in [3.63, 3.8) is 0 Å². The van der Waals surface area contributed by atoms with Crippen LogP contribution >= 0.6 is 0 Å². The van der Waals surface area contributed by atoms with Crippen molar-refractivity contribution in [1.82, 2.24) is 0 Å². The molecule has 3 aliphatic heterocycles. The normalized spacial score (nSPS) is 32.1. The number of carbonyl (C=O) groups is 3. The van der Waals surface area contributed by atoms with Crippen LogP contribution in [0.5, 0.6) is 0 Å². The monoisotopic (exact) mass is 342 g/mol. The van der Waals surface area contributed by atoms with Crippen LogP contribution in [0, 0.1) is 11.8 Å². The number of fused-ring (bicyclic) bond motifs is 1. The first-order valence-corrected chi connectivity index (χ1v) is 8.13. The molecule has 0 radical (unpaired) electrons. The van der Waals surface area contributed by atoms with Crippen molar-refractivity contribution in [2.24, 2.45) is 11.8 Å². The van der Waals surface area contributed by atoms with Gasteiger partial charge in [0, 0.05) is 17.6 Å². The van der Waals surface area contributed by atoms with Crippen LogP contribution in [0.1, 0.15) is 17.3 Å². The van der Waals surface area contributed by atoms with Crippen molar-refractivity contribution in [3.8, 4) is 0 Å².